The monoisotopic (exact) mass is 432 g/mol. The van der Waals surface area contributed by atoms with E-state index in [9.17, 15) is 9.59 Å². The van der Waals surface area contributed by atoms with Crippen LogP contribution >= 0.6 is 0 Å². The molecule has 4 aromatic rings. The Hall–Kier alpha value is -3.81. The maximum atomic E-state index is 13.1. The van der Waals surface area contributed by atoms with Crippen molar-refractivity contribution in [3.8, 4) is 11.5 Å². The third-order valence-corrected chi connectivity index (χ3v) is 5.74. The average molecular weight is 432 g/mol. The first-order valence-corrected chi connectivity index (χ1v) is 10.6. The lowest BCUT2D eigenvalue weighted by atomic mass is 10.1. The number of carbonyl (C=O) groups is 1. The van der Waals surface area contributed by atoms with Crippen LogP contribution < -0.4 is 20.3 Å². The number of rotatable bonds is 4. The van der Waals surface area contributed by atoms with Crippen LogP contribution in [0.1, 0.15) is 29.9 Å². The maximum Gasteiger partial charge on any atom is 0.291 e. The van der Waals surface area contributed by atoms with E-state index in [0.717, 1.165) is 22.0 Å². The highest BCUT2D eigenvalue weighted by molar-refractivity contribution is 5.87. The van der Waals surface area contributed by atoms with Crippen LogP contribution in [0.2, 0.25) is 0 Å². The highest BCUT2D eigenvalue weighted by atomic mass is 16.6. The number of hydrogen-bond donors (Lipinski definition) is 1. The Morgan fingerprint density at radius 1 is 1.06 bits per heavy atom. The molecule has 1 amide bonds. The van der Waals surface area contributed by atoms with Crippen LogP contribution in [0.5, 0.6) is 11.5 Å². The summed E-state index contributed by atoms with van der Waals surface area (Å²) in [6.07, 6.45) is 0. The van der Waals surface area contributed by atoms with Crippen molar-refractivity contribution >= 4 is 22.3 Å². The van der Waals surface area contributed by atoms with Crippen LogP contribution in [-0.2, 0) is 11.3 Å². The zero-order valence-corrected chi connectivity index (χ0v) is 18.2. The largest absolute Gasteiger partial charge is 0.486 e. The first kappa shape index (κ1) is 20.1. The number of nitrogens with one attached hydrogen (secondary N) is 1. The lowest BCUT2D eigenvalue weighted by Gasteiger charge is -2.21. The van der Waals surface area contributed by atoms with Gasteiger partial charge >= 0.3 is 0 Å². The van der Waals surface area contributed by atoms with Crippen molar-refractivity contribution in [2.45, 2.75) is 33.4 Å². The minimum atomic E-state index is -0.299. The second-order valence-corrected chi connectivity index (χ2v) is 8.13. The molecule has 1 atom stereocenters. The normalized spacial score (nSPS) is 14.0. The van der Waals surface area contributed by atoms with Gasteiger partial charge in [-0.1, -0.05) is 17.7 Å². The van der Waals surface area contributed by atoms with Crippen LogP contribution in [0.3, 0.4) is 0 Å². The Labute approximate surface area is 184 Å². The average Bonchev–Trinajstić information content (AvgIpc) is 3.16. The molecule has 2 aromatic carbocycles. The van der Waals surface area contributed by atoms with E-state index in [0.29, 0.717) is 36.1 Å². The van der Waals surface area contributed by atoms with Crippen molar-refractivity contribution in [3.05, 3.63) is 69.8 Å². The molecule has 1 aliphatic rings. The Balaban J connectivity index is 1.39. The summed E-state index contributed by atoms with van der Waals surface area (Å²) < 4.78 is 14.2. The second kappa shape index (κ2) is 7.71. The number of hydrogen-bond acceptors (Lipinski definition) is 5. The lowest BCUT2D eigenvalue weighted by molar-refractivity contribution is -0.122. The van der Waals surface area contributed by atoms with Gasteiger partial charge in [-0.3, -0.25) is 14.0 Å². The van der Waals surface area contributed by atoms with Gasteiger partial charge in [0.15, 0.2) is 11.5 Å². The molecule has 5 rings (SSSR count). The van der Waals surface area contributed by atoms with E-state index in [1.165, 1.54) is 4.68 Å². The standard InChI is InChI=1S/C24H24N4O4/c1-14-4-6-19-18(10-14)11-20-24(30)27(26-16(3)28(19)20)13-23(29)25-15(2)17-5-7-21-22(12-17)32-9-8-31-21/h4-7,10-12,15H,8-9,13H2,1-3H3,(H,25,29)/t15-/m1/s1. The summed E-state index contributed by atoms with van der Waals surface area (Å²) >= 11 is 0. The molecule has 8 heteroatoms. The zero-order chi connectivity index (χ0) is 22.4. The number of aryl methyl sites for hydroxylation is 2. The fourth-order valence-electron chi connectivity index (χ4n) is 4.18. The molecule has 0 radical (unpaired) electrons. The number of nitrogens with zero attached hydrogens (tertiary/aromatic N) is 3. The van der Waals surface area contributed by atoms with Gasteiger partial charge in [-0.15, -0.1) is 0 Å². The second-order valence-electron chi connectivity index (χ2n) is 8.13. The van der Waals surface area contributed by atoms with Crippen LogP contribution in [0, 0.1) is 13.8 Å². The van der Waals surface area contributed by atoms with Crippen molar-refractivity contribution in [2.75, 3.05) is 13.2 Å². The van der Waals surface area contributed by atoms with Gasteiger partial charge in [0, 0.05) is 5.39 Å². The van der Waals surface area contributed by atoms with Crippen LogP contribution in [0.25, 0.3) is 16.4 Å². The quantitative estimate of drug-likeness (QED) is 0.536. The van der Waals surface area contributed by atoms with Gasteiger partial charge in [0.1, 0.15) is 31.1 Å². The molecular formula is C24H24N4O4. The topological polar surface area (TPSA) is 86.9 Å². The fourth-order valence-corrected chi connectivity index (χ4v) is 4.18. The van der Waals surface area contributed by atoms with E-state index in [-0.39, 0.29) is 24.1 Å². The molecule has 0 spiro atoms. The summed E-state index contributed by atoms with van der Waals surface area (Å²) in [5.74, 6) is 1.72. The number of ether oxygens (including phenoxy) is 2. The first-order chi connectivity index (χ1) is 15.4. The molecule has 1 N–H and O–H groups in total. The molecule has 3 heterocycles. The van der Waals surface area contributed by atoms with Crippen molar-refractivity contribution in [3.63, 3.8) is 0 Å². The summed E-state index contributed by atoms with van der Waals surface area (Å²) in [4.78, 5) is 25.8. The molecule has 0 bridgehead atoms. The van der Waals surface area contributed by atoms with E-state index in [1.54, 1.807) is 0 Å². The molecule has 8 nitrogen and oxygen atoms in total. The molecule has 32 heavy (non-hydrogen) atoms. The first-order valence-electron chi connectivity index (χ1n) is 10.6. The molecule has 164 valence electrons. The van der Waals surface area contributed by atoms with Crippen molar-refractivity contribution in [1.82, 2.24) is 19.5 Å². The van der Waals surface area contributed by atoms with Gasteiger partial charge in [-0.05, 0) is 56.7 Å². The third-order valence-electron chi connectivity index (χ3n) is 5.74. The molecule has 1 aliphatic heterocycles. The number of fused-ring (bicyclic) bond motifs is 4. The van der Waals surface area contributed by atoms with Crippen LogP contribution in [0.4, 0.5) is 0 Å². The maximum absolute atomic E-state index is 13.1. The number of carbonyl (C=O) groups excluding carboxylic acids is 1. The van der Waals surface area contributed by atoms with E-state index in [1.807, 2.05) is 67.6 Å². The molecular weight excluding hydrogens is 408 g/mol. The van der Waals surface area contributed by atoms with E-state index < -0.39 is 0 Å². The summed E-state index contributed by atoms with van der Waals surface area (Å²) in [5.41, 5.74) is 3.14. The van der Waals surface area contributed by atoms with Gasteiger partial charge in [0.2, 0.25) is 5.91 Å². The lowest BCUT2D eigenvalue weighted by Crippen LogP contribution is -2.36. The number of benzene rings is 2. The van der Waals surface area contributed by atoms with Gasteiger partial charge in [0.25, 0.3) is 5.56 Å². The van der Waals surface area contributed by atoms with E-state index in [4.69, 9.17) is 9.47 Å². The zero-order valence-electron chi connectivity index (χ0n) is 18.2. The SMILES string of the molecule is Cc1ccc2c(c1)cc1c(=O)n(CC(=O)N[C@H](C)c3ccc4c(c3)OCCO4)nc(C)n12. The van der Waals surface area contributed by atoms with E-state index in [2.05, 4.69) is 10.4 Å². The Bertz CT molecular complexity index is 1420. The van der Waals surface area contributed by atoms with Gasteiger partial charge in [-0.25, -0.2) is 4.68 Å². The third kappa shape index (κ3) is 3.47. The molecule has 0 saturated carbocycles. The number of aromatic nitrogens is 3. The van der Waals surface area contributed by atoms with Crippen molar-refractivity contribution < 1.29 is 14.3 Å². The molecule has 0 fully saturated rings. The van der Waals surface area contributed by atoms with Crippen LogP contribution in [0.15, 0.2) is 47.3 Å². The van der Waals surface area contributed by atoms with Crippen LogP contribution in [-0.4, -0.2) is 33.3 Å². The van der Waals surface area contributed by atoms with Gasteiger partial charge in [-0.2, -0.15) is 5.10 Å². The molecule has 0 unspecified atom stereocenters. The fraction of sp³-hybridized carbons (Fsp3) is 0.292. The number of amides is 1. The van der Waals surface area contributed by atoms with E-state index >= 15 is 0 Å². The minimum absolute atomic E-state index is 0.161. The Kier molecular flexibility index (Phi) is 4.84. The van der Waals surface area contributed by atoms with Crippen molar-refractivity contribution in [1.29, 1.82) is 0 Å². The minimum Gasteiger partial charge on any atom is -0.486 e. The Morgan fingerprint density at radius 3 is 2.66 bits per heavy atom. The molecule has 0 aliphatic carbocycles. The van der Waals surface area contributed by atoms with Gasteiger partial charge < -0.3 is 14.8 Å². The predicted octanol–water partition coefficient (Wildman–Crippen LogP) is 2.91. The summed E-state index contributed by atoms with van der Waals surface area (Å²) in [5, 5.41) is 8.31. The van der Waals surface area contributed by atoms with Gasteiger partial charge in [0.05, 0.1) is 11.6 Å². The summed E-state index contributed by atoms with van der Waals surface area (Å²) in [6.45, 7) is 6.60. The predicted molar refractivity (Wildman–Crippen MR) is 120 cm³/mol. The summed E-state index contributed by atoms with van der Waals surface area (Å²) in [7, 11) is 0. The molecule has 2 aromatic heterocycles. The highest BCUT2D eigenvalue weighted by Gasteiger charge is 2.18. The Morgan fingerprint density at radius 2 is 1.84 bits per heavy atom. The summed E-state index contributed by atoms with van der Waals surface area (Å²) in [6, 6.07) is 13.2. The van der Waals surface area contributed by atoms with Crippen molar-refractivity contribution in [2.24, 2.45) is 0 Å². The molecule has 0 saturated heterocycles. The highest BCUT2D eigenvalue weighted by Crippen LogP contribution is 2.32. The smallest absolute Gasteiger partial charge is 0.291 e.